The van der Waals surface area contributed by atoms with Crippen molar-refractivity contribution in [2.24, 2.45) is 0 Å². The monoisotopic (exact) mass is 448 g/mol. The number of carbonyl (C=O) groups is 1. The molecule has 1 N–H and O–H groups in total. The zero-order valence-electron chi connectivity index (χ0n) is 18.3. The quantitative estimate of drug-likeness (QED) is 0.477. The molecular weight excluding hydrogens is 420 g/mol. The number of hydrogen-bond acceptors (Lipinski definition) is 6. The van der Waals surface area contributed by atoms with Gasteiger partial charge in [0.25, 0.3) is 0 Å². The molecule has 1 fully saturated rings. The number of rotatable bonds is 10. The molecule has 0 aliphatic carbocycles. The summed E-state index contributed by atoms with van der Waals surface area (Å²) in [6.45, 7) is 0.409. The Labute approximate surface area is 193 Å². The number of ether oxygens (including phenoxy) is 4. The molecule has 0 amide bonds. The van der Waals surface area contributed by atoms with Gasteiger partial charge < -0.3 is 24.1 Å². The van der Waals surface area contributed by atoms with Crippen LogP contribution in [0.3, 0.4) is 0 Å². The van der Waals surface area contributed by atoms with Crippen LogP contribution in [-0.2, 0) is 43.6 Å². The summed E-state index contributed by atoms with van der Waals surface area (Å²) >= 11 is 0. The fraction of sp³-hybridized carbons (Fsp3) is 0.296. The van der Waals surface area contributed by atoms with Crippen LogP contribution in [0.4, 0.5) is 0 Å². The van der Waals surface area contributed by atoms with Crippen LogP contribution in [0.5, 0.6) is 0 Å². The molecule has 6 heteroatoms. The zero-order valence-corrected chi connectivity index (χ0v) is 18.3. The predicted octanol–water partition coefficient (Wildman–Crippen LogP) is 3.66. The second-order valence-electron chi connectivity index (χ2n) is 7.90. The van der Waals surface area contributed by atoms with Gasteiger partial charge in [-0.05, 0) is 16.7 Å². The standard InChI is InChI=1S/C27H28O6/c28-16-23-24(30-17-20-10-4-1-5-11-20)25(31-18-21-12-6-2-7-13-21)26(27(29)33-23)32-19-22-14-8-3-9-15-22/h1-15,23-26,28H,16-19H2/t23?,24-,25?,26?/m1/s1. The van der Waals surface area contributed by atoms with Crippen LogP contribution in [0.1, 0.15) is 16.7 Å². The number of aliphatic hydroxyl groups is 1. The van der Waals surface area contributed by atoms with Gasteiger partial charge in [-0.2, -0.15) is 0 Å². The largest absolute Gasteiger partial charge is 0.455 e. The van der Waals surface area contributed by atoms with E-state index < -0.39 is 30.4 Å². The van der Waals surface area contributed by atoms with Crippen molar-refractivity contribution in [1.29, 1.82) is 0 Å². The van der Waals surface area contributed by atoms with E-state index in [-0.39, 0.29) is 26.4 Å². The molecule has 4 atom stereocenters. The van der Waals surface area contributed by atoms with Crippen LogP contribution in [0.2, 0.25) is 0 Å². The number of hydrogen-bond donors (Lipinski definition) is 1. The Morgan fingerprint density at radius 2 is 1.06 bits per heavy atom. The molecule has 0 spiro atoms. The average molecular weight is 449 g/mol. The lowest BCUT2D eigenvalue weighted by Gasteiger charge is -2.40. The third-order valence-corrected chi connectivity index (χ3v) is 5.51. The van der Waals surface area contributed by atoms with Crippen molar-refractivity contribution in [2.75, 3.05) is 6.61 Å². The van der Waals surface area contributed by atoms with Crippen LogP contribution < -0.4 is 0 Å². The molecule has 1 aliphatic rings. The van der Waals surface area contributed by atoms with Crippen molar-refractivity contribution in [3.05, 3.63) is 108 Å². The summed E-state index contributed by atoms with van der Waals surface area (Å²) in [6, 6.07) is 29.0. The van der Waals surface area contributed by atoms with Crippen molar-refractivity contribution in [2.45, 2.75) is 44.2 Å². The number of benzene rings is 3. The molecule has 0 aromatic heterocycles. The summed E-state index contributed by atoms with van der Waals surface area (Å²) in [6.07, 6.45) is -3.29. The van der Waals surface area contributed by atoms with Crippen LogP contribution >= 0.6 is 0 Å². The van der Waals surface area contributed by atoms with Gasteiger partial charge in [0.2, 0.25) is 0 Å². The van der Waals surface area contributed by atoms with E-state index in [1.165, 1.54) is 0 Å². The van der Waals surface area contributed by atoms with Crippen molar-refractivity contribution in [1.82, 2.24) is 0 Å². The summed E-state index contributed by atoms with van der Waals surface area (Å²) in [5, 5.41) is 9.92. The molecule has 33 heavy (non-hydrogen) atoms. The van der Waals surface area contributed by atoms with Gasteiger partial charge in [0, 0.05) is 0 Å². The second kappa shape index (κ2) is 11.7. The predicted molar refractivity (Wildman–Crippen MR) is 122 cm³/mol. The van der Waals surface area contributed by atoms with Crippen LogP contribution in [0, 0.1) is 0 Å². The first-order valence-corrected chi connectivity index (χ1v) is 11.0. The highest BCUT2D eigenvalue weighted by Gasteiger charge is 2.48. The SMILES string of the molecule is O=C1OC(CO)[C@@H](OCc2ccccc2)C(OCc2ccccc2)C1OCc1ccccc1. The van der Waals surface area contributed by atoms with Crippen LogP contribution in [-0.4, -0.2) is 42.1 Å². The van der Waals surface area contributed by atoms with Gasteiger partial charge in [0.1, 0.15) is 12.2 Å². The summed E-state index contributed by atoms with van der Waals surface area (Å²) in [4.78, 5) is 12.8. The molecule has 6 nitrogen and oxygen atoms in total. The Hall–Kier alpha value is -3.03. The Morgan fingerprint density at radius 1 is 0.636 bits per heavy atom. The van der Waals surface area contributed by atoms with Crippen molar-refractivity contribution < 1.29 is 28.8 Å². The molecule has 3 aromatic carbocycles. The molecule has 1 heterocycles. The zero-order chi connectivity index (χ0) is 22.9. The van der Waals surface area contributed by atoms with Crippen LogP contribution in [0.15, 0.2) is 91.0 Å². The molecule has 3 aromatic rings. The lowest BCUT2D eigenvalue weighted by Crippen LogP contribution is -2.59. The Bertz CT molecular complexity index is 979. The molecule has 0 radical (unpaired) electrons. The molecule has 1 aliphatic heterocycles. The first-order chi connectivity index (χ1) is 16.2. The lowest BCUT2D eigenvalue weighted by molar-refractivity contribution is -0.236. The van der Waals surface area contributed by atoms with Crippen molar-refractivity contribution >= 4 is 5.97 Å². The maximum Gasteiger partial charge on any atom is 0.338 e. The van der Waals surface area contributed by atoms with E-state index in [4.69, 9.17) is 18.9 Å². The lowest BCUT2D eigenvalue weighted by atomic mass is 9.98. The summed E-state index contributed by atoms with van der Waals surface area (Å²) in [5.41, 5.74) is 2.86. The Balaban J connectivity index is 1.54. The molecule has 0 saturated carbocycles. The van der Waals surface area contributed by atoms with Gasteiger partial charge in [0.05, 0.1) is 26.4 Å². The fourth-order valence-electron chi connectivity index (χ4n) is 3.78. The first-order valence-electron chi connectivity index (χ1n) is 11.0. The minimum atomic E-state index is -0.988. The van der Waals surface area contributed by atoms with Crippen molar-refractivity contribution in [3.8, 4) is 0 Å². The van der Waals surface area contributed by atoms with E-state index in [0.717, 1.165) is 16.7 Å². The molecular formula is C27H28O6. The highest BCUT2D eigenvalue weighted by atomic mass is 16.6. The highest BCUT2D eigenvalue weighted by molar-refractivity contribution is 5.77. The fourth-order valence-corrected chi connectivity index (χ4v) is 3.78. The number of aliphatic hydroxyl groups excluding tert-OH is 1. The van der Waals surface area contributed by atoms with E-state index >= 15 is 0 Å². The maximum absolute atomic E-state index is 12.8. The van der Waals surface area contributed by atoms with Gasteiger partial charge in [0.15, 0.2) is 12.2 Å². The maximum atomic E-state index is 12.8. The smallest absolute Gasteiger partial charge is 0.338 e. The molecule has 3 unspecified atom stereocenters. The van der Waals surface area contributed by atoms with Gasteiger partial charge >= 0.3 is 5.97 Å². The Kier molecular flexibility index (Phi) is 8.22. The Morgan fingerprint density at radius 3 is 1.52 bits per heavy atom. The molecule has 172 valence electrons. The topological polar surface area (TPSA) is 74.2 Å². The van der Waals surface area contributed by atoms with E-state index in [0.29, 0.717) is 0 Å². The first kappa shape index (κ1) is 23.1. The minimum Gasteiger partial charge on any atom is -0.455 e. The van der Waals surface area contributed by atoms with Gasteiger partial charge in [-0.15, -0.1) is 0 Å². The normalized spacial score (nSPS) is 22.6. The number of esters is 1. The summed E-state index contributed by atoms with van der Waals surface area (Å²) < 4.78 is 23.9. The second-order valence-corrected chi connectivity index (χ2v) is 7.90. The van der Waals surface area contributed by atoms with Gasteiger partial charge in [-0.25, -0.2) is 4.79 Å². The van der Waals surface area contributed by atoms with E-state index in [1.54, 1.807) is 0 Å². The summed E-state index contributed by atoms with van der Waals surface area (Å²) in [7, 11) is 0. The summed E-state index contributed by atoms with van der Waals surface area (Å²) in [5.74, 6) is -0.567. The third kappa shape index (κ3) is 6.27. The van der Waals surface area contributed by atoms with Gasteiger partial charge in [-0.1, -0.05) is 91.0 Å². The molecule has 4 rings (SSSR count). The average Bonchev–Trinajstić information content (AvgIpc) is 2.87. The number of cyclic esters (lactones) is 1. The number of carbonyl (C=O) groups excluding carboxylic acids is 1. The highest BCUT2D eigenvalue weighted by Crippen LogP contribution is 2.27. The van der Waals surface area contributed by atoms with Crippen molar-refractivity contribution in [3.63, 3.8) is 0 Å². The van der Waals surface area contributed by atoms with E-state index in [2.05, 4.69) is 0 Å². The minimum absolute atomic E-state index is 0.223. The van der Waals surface area contributed by atoms with E-state index in [1.807, 2.05) is 91.0 Å². The van der Waals surface area contributed by atoms with E-state index in [9.17, 15) is 9.90 Å². The molecule has 0 bridgehead atoms. The van der Waals surface area contributed by atoms with Gasteiger partial charge in [-0.3, -0.25) is 0 Å². The molecule has 1 saturated heterocycles. The van der Waals surface area contributed by atoms with Crippen LogP contribution in [0.25, 0.3) is 0 Å². The third-order valence-electron chi connectivity index (χ3n) is 5.51.